The van der Waals surface area contributed by atoms with Crippen molar-refractivity contribution < 1.29 is 19.5 Å². The molecule has 0 saturated heterocycles. The Morgan fingerprint density at radius 2 is 1.93 bits per heavy atom. The van der Waals surface area contributed by atoms with Crippen LogP contribution in [0.15, 0.2) is 0 Å². The number of carbonyl (C=O) groups excluding carboxylic acids is 2. The summed E-state index contributed by atoms with van der Waals surface area (Å²) in [5.41, 5.74) is 5.14. The molecular formula is C7H11ClN2O4. The number of halogens is 1. The van der Waals surface area contributed by atoms with Gasteiger partial charge in [-0.1, -0.05) is 0 Å². The van der Waals surface area contributed by atoms with Gasteiger partial charge >= 0.3 is 5.97 Å². The fourth-order valence-electron chi connectivity index (χ4n) is 0.661. The number of carboxylic acid groups (broad SMARTS) is 1. The van der Waals surface area contributed by atoms with Gasteiger partial charge in [-0.15, -0.1) is 11.6 Å². The van der Waals surface area contributed by atoms with Crippen LogP contribution in [0.4, 0.5) is 0 Å². The predicted octanol–water partition coefficient (Wildman–Crippen LogP) is -0.940. The normalized spacial score (nSPS) is 11.9. The van der Waals surface area contributed by atoms with Crippen LogP contribution >= 0.6 is 11.6 Å². The molecule has 0 heterocycles. The molecule has 14 heavy (non-hydrogen) atoms. The van der Waals surface area contributed by atoms with Crippen molar-refractivity contribution in [3.05, 3.63) is 0 Å². The Kier molecular flexibility index (Phi) is 5.82. The van der Waals surface area contributed by atoms with Crippen molar-refractivity contribution >= 4 is 29.4 Å². The molecule has 0 rings (SSSR count). The van der Waals surface area contributed by atoms with Crippen LogP contribution in [0.25, 0.3) is 0 Å². The third-order valence-electron chi connectivity index (χ3n) is 1.40. The molecule has 0 aromatic carbocycles. The smallest absolute Gasteiger partial charge is 0.320 e. The molecule has 80 valence electrons. The standard InChI is InChI=1S/C7H11ClN2O4/c8-3-6(12)10-5(11)2-1-4(9)7(13)14/h4H,1-3,9H2,(H,13,14)(H,10,11,12)/t4-/m0/s1. The minimum Gasteiger partial charge on any atom is -0.480 e. The lowest BCUT2D eigenvalue weighted by Gasteiger charge is -2.05. The third kappa shape index (κ3) is 5.50. The third-order valence-corrected chi connectivity index (χ3v) is 1.64. The highest BCUT2D eigenvalue weighted by atomic mass is 35.5. The fraction of sp³-hybridized carbons (Fsp3) is 0.571. The quantitative estimate of drug-likeness (QED) is 0.520. The zero-order chi connectivity index (χ0) is 11.1. The van der Waals surface area contributed by atoms with Crippen molar-refractivity contribution in [2.24, 2.45) is 5.73 Å². The number of carbonyl (C=O) groups is 3. The fourth-order valence-corrected chi connectivity index (χ4v) is 0.728. The summed E-state index contributed by atoms with van der Waals surface area (Å²) in [4.78, 5) is 31.7. The van der Waals surface area contributed by atoms with Crippen LogP contribution in [0, 0.1) is 0 Å². The molecule has 0 radical (unpaired) electrons. The maximum Gasteiger partial charge on any atom is 0.320 e. The van der Waals surface area contributed by atoms with Crippen LogP contribution in [0.1, 0.15) is 12.8 Å². The van der Waals surface area contributed by atoms with E-state index in [-0.39, 0.29) is 18.7 Å². The summed E-state index contributed by atoms with van der Waals surface area (Å²) in [6, 6.07) is -1.09. The Labute approximate surface area is 85.4 Å². The summed E-state index contributed by atoms with van der Waals surface area (Å²) in [5.74, 6) is -2.68. The van der Waals surface area contributed by atoms with Gasteiger partial charge in [0.25, 0.3) is 0 Å². The van der Waals surface area contributed by atoms with E-state index in [9.17, 15) is 14.4 Å². The van der Waals surface area contributed by atoms with Crippen LogP contribution in [-0.2, 0) is 14.4 Å². The Balaban J connectivity index is 3.74. The zero-order valence-electron chi connectivity index (χ0n) is 7.33. The van der Waals surface area contributed by atoms with E-state index < -0.39 is 23.8 Å². The van der Waals surface area contributed by atoms with Crippen molar-refractivity contribution in [1.82, 2.24) is 5.32 Å². The topological polar surface area (TPSA) is 109 Å². The molecule has 0 bridgehead atoms. The van der Waals surface area contributed by atoms with Gasteiger partial charge in [0.15, 0.2) is 0 Å². The van der Waals surface area contributed by atoms with Crippen LogP contribution in [-0.4, -0.2) is 34.8 Å². The predicted molar refractivity (Wildman–Crippen MR) is 48.7 cm³/mol. The number of nitrogens with two attached hydrogens (primary N) is 1. The molecule has 1 atom stereocenters. The Hall–Kier alpha value is -1.14. The highest BCUT2D eigenvalue weighted by molar-refractivity contribution is 6.28. The van der Waals surface area contributed by atoms with Crippen molar-refractivity contribution in [2.45, 2.75) is 18.9 Å². The molecule has 0 aromatic heterocycles. The molecule has 0 fully saturated rings. The number of hydrogen-bond acceptors (Lipinski definition) is 4. The molecule has 6 nitrogen and oxygen atoms in total. The number of rotatable bonds is 5. The molecule has 2 amide bonds. The first-order valence-electron chi connectivity index (χ1n) is 3.84. The summed E-state index contributed by atoms with van der Waals surface area (Å²) < 4.78 is 0. The first kappa shape index (κ1) is 12.9. The minimum atomic E-state index is -1.18. The number of hydrogen-bond donors (Lipinski definition) is 3. The summed E-state index contributed by atoms with van der Waals surface area (Å²) in [5, 5.41) is 10.3. The number of alkyl halides is 1. The highest BCUT2D eigenvalue weighted by Gasteiger charge is 2.14. The van der Waals surface area contributed by atoms with Crippen molar-refractivity contribution in [1.29, 1.82) is 0 Å². The largest absolute Gasteiger partial charge is 0.480 e. The van der Waals surface area contributed by atoms with E-state index in [1.165, 1.54) is 0 Å². The van der Waals surface area contributed by atoms with Crippen LogP contribution in [0.2, 0.25) is 0 Å². The van der Waals surface area contributed by atoms with Crippen molar-refractivity contribution in [2.75, 3.05) is 5.88 Å². The van der Waals surface area contributed by atoms with E-state index in [1.54, 1.807) is 0 Å². The van der Waals surface area contributed by atoms with Gasteiger partial charge in [-0.05, 0) is 6.42 Å². The summed E-state index contributed by atoms with van der Waals surface area (Å²) in [6.45, 7) is 0. The molecule has 0 aliphatic heterocycles. The molecule has 0 saturated carbocycles. The van der Waals surface area contributed by atoms with E-state index in [2.05, 4.69) is 0 Å². The first-order valence-corrected chi connectivity index (χ1v) is 4.38. The highest BCUT2D eigenvalue weighted by Crippen LogP contribution is 1.94. The minimum absolute atomic E-state index is 0.0171. The van der Waals surface area contributed by atoms with Gasteiger partial charge in [0.05, 0.1) is 0 Å². The Morgan fingerprint density at radius 1 is 1.36 bits per heavy atom. The molecule has 0 unspecified atom stereocenters. The SMILES string of the molecule is N[C@@H](CCC(=O)NC(=O)CCl)C(=O)O. The maximum absolute atomic E-state index is 10.9. The molecule has 0 aliphatic rings. The van der Waals surface area contributed by atoms with Gasteiger partial charge in [0.2, 0.25) is 11.8 Å². The van der Waals surface area contributed by atoms with E-state index in [0.717, 1.165) is 0 Å². The lowest BCUT2D eigenvalue weighted by molar-refractivity contribution is -0.138. The molecule has 4 N–H and O–H groups in total. The van der Waals surface area contributed by atoms with Crippen LogP contribution < -0.4 is 11.1 Å². The number of amides is 2. The number of imide groups is 1. The second kappa shape index (κ2) is 6.33. The van der Waals surface area contributed by atoms with E-state index in [1.807, 2.05) is 5.32 Å². The first-order chi connectivity index (χ1) is 6.47. The monoisotopic (exact) mass is 222 g/mol. The van der Waals surface area contributed by atoms with Crippen molar-refractivity contribution in [3.8, 4) is 0 Å². The number of aliphatic carboxylic acids is 1. The average molecular weight is 223 g/mol. The van der Waals surface area contributed by atoms with E-state index in [4.69, 9.17) is 22.4 Å². The van der Waals surface area contributed by atoms with Gasteiger partial charge in [-0.2, -0.15) is 0 Å². The van der Waals surface area contributed by atoms with Gasteiger partial charge in [-0.25, -0.2) is 0 Å². The molecule has 7 heteroatoms. The Bertz CT molecular complexity index is 244. The van der Waals surface area contributed by atoms with Gasteiger partial charge in [-0.3, -0.25) is 19.7 Å². The summed E-state index contributed by atoms with van der Waals surface area (Å²) >= 11 is 5.13. The maximum atomic E-state index is 10.9. The molecule has 0 aliphatic carbocycles. The number of nitrogens with one attached hydrogen (secondary N) is 1. The Morgan fingerprint density at radius 3 is 2.36 bits per heavy atom. The second-order valence-corrected chi connectivity index (χ2v) is 2.86. The van der Waals surface area contributed by atoms with Crippen molar-refractivity contribution in [3.63, 3.8) is 0 Å². The van der Waals surface area contributed by atoms with E-state index in [0.29, 0.717) is 0 Å². The van der Waals surface area contributed by atoms with E-state index >= 15 is 0 Å². The second-order valence-electron chi connectivity index (χ2n) is 2.59. The molecular weight excluding hydrogens is 212 g/mol. The summed E-state index contributed by atoms with van der Waals surface area (Å²) in [7, 11) is 0. The van der Waals surface area contributed by atoms with Gasteiger partial charge in [0, 0.05) is 6.42 Å². The van der Waals surface area contributed by atoms with Crippen LogP contribution in [0.5, 0.6) is 0 Å². The van der Waals surface area contributed by atoms with Gasteiger partial charge < -0.3 is 10.8 Å². The molecule has 0 aromatic rings. The number of carboxylic acids is 1. The molecule has 0 spiro atoms. The summed E-state index contributed by atoms with van der Waals surface area (Å²) in [6.07, 6.45) is -0.132. The zero-order valence-corrected chi connectivity index (χ0v) is 8.08. The lowest BCUT2D eigenvalue weighted by Crippen LogP contribution is -2.35. The van der Waals surface area contributed by atoms with Gasteiger partial charge in [0.1, 0.15) is 11.9 Å². The lowest BCUT2D eigenvalue weighted by atomic mass is 10.1. The van der Waals surface area contributed by atoms with Crippen LogP contribution in [0.3, 0.4) is 0 Å². The average Bonchev–Trinajstić information content (AvgIpc) is 2.13.